The molecule has 28 heavy (non-hydrogen) atoms. The molecule has 6 nitrogen and oxygen atoms in total. The third-order valence-corrected chi connectivity index (χ3v) is 4.49. The Bertz CT molecular complexity index is 775. The number of methoxy groups -OCH3 is 1. The molecule has 0 aliphatic rings. The molecule has 1 unspecified atom stereocenters. The zero-order valence-corrected chi connectivity index (χ0v) is 16.9. The van der Waals surface area contributed by atoms with E-state index < -0.39 is 0 Å². The van der Waals surface area contributed by atoms with Crippen LogP contribution in [0.3, 0.4) is 0 Å². The maximum Gasteiger partial charge on any atom is 0.279 e. The van der Waals surface area contributed by atoms with Crippen molar-refractivity contribution in [3.63, 3.8) is 0 Å². The van der Waals surface area contributed by atoms with E-state index in [1.165, 1.54) is 0 Å². The smallest absolute Gasteiger partial charge is 0.279 e. The van der Waals surface area contributed by atoms with Crippen LogP contribution in [0, 0.1) is 6.92 Å². The van der Waals surface area contributed by atoms with Crippen molar-refractivity contribution in [2.45, 2.75) is 26.8 Å². The highest BCUT2D eigenvalue weighted by Gasteiger charge is 2.18. The first-order valence-electron chi connectivity index (χ1n) is 9.60. The molecule has 0 aliphatic carbocycles. The van der Waals surface area contributed by atoms with Gasteiger partial charge in [-0.15, -0.1) is 0 Å². The van der Waals surface area contributed by atoms with Gasteiger partial charge in [0.15, 0.2) is 13.1 Å². The van der Waals surface area contributed by atoms with Crippen molar-refractivity contribution in [1.82, 2.24) is 5.32 Å². The lowest BCUT2D eigenvalue weighted by atomic mass is 10.2. The molecule has 2 rings (SSSR count). The molecule has 0 aromatic heterocycles. The Morgan fingerprint density at radius 3 is 2.32 bits per heavy atom. The second-order valence-corrected chi connectivity index (χ2v) is 6.84. The van der Waals surface area contributed by atoms with E-state index in [0.29, 0.717) is 6.54 Å². The number of aryl methyl sites for hydroxylation is 1. The summed E-state index contributed by atoms with van der Waals surface area (Å²) in [4.78, 5) is 25.7. The molecule has 3 N–H and O–H groups in total. The Hall–Kier alpha value is -2.86. The number of amides is 2. The number of ether oxygens (including phenoxy) is 1. The summed E-state index contributed by atoms with van der Waals surface area (Å²) in [5, 5.41) is 5.86. The van der Waals surface area contributed by atoms with Crippen LogP contribution in [-0.2, 0) is 16.1 Å². The predicted molar refractivity (Wildman–Crippen MR) is 111 cm³/mol. The maximum atomic E-state index is 12.4. The van der Waals surface area contributed by atoms with Crippen molar-refractivity contribution in [2.75, 3.05) is 32.1 Å². The standard InChI is InChI=1S/C22H29N3O3/c1-4-13-25(16-22(27)24-20-8-6-5-7-17(20)2)15-21(26)23-14-18-9-11-19(28-3)12-10-18/h5-12H,4,13-16H2,1-3H3,(H,23,26)(H,24,27)/p+1. The van der Waals surface area contributed by atoms with Crippen LogP contribution in [-0.4, -0.2) is 38.6 Å². The van der Waals surface area contributed by atoms with E-state index in [1.54, 1.807) is 7.11 Å². The quantitative estimate of drug-likeness (QED) is 0.582. The van der Waals surface area contributed by atoms with Crippen LogP contribution in [0.5, 0.6) is 5.75 Å². The number of hydrogen-bond acceptors (Lipinski definition) is 3. The van der Waals surface area contributed by atoms with E-state index in [0.717, 1.165) is 40.4 Å². The fraction of sp³-hybridized carbons (Fsp3) is 0.364. The Balaban J connectivity index is 1.83. The van der Waals surface area contributed by atoms with Gasteiger partial charge in [-0.1, -0.05) is 37.3 Å². The normalized spacial score (nSPS) is 11.5. The van der Waals surface area contributed by atoms with Gasteiger partial charge in [0.2, 0.25) is 0 Å². The summed E-state index contributed by atoms with van der Waals surface area (Å²) >= 11 is 0. The molecule has 2 amide bonds. The molecule has 150 valence electrons. The van der Waals surface area contributed by atoms with Crippen LogP contribution in [0.4, 0.5) is 5.69 Å². The van der Waals surface area contributed by atoms with E-state index in [-0.39, 0.29) is 24.9 Å². The molecule has 6 heteroatoms. The van der Waals surface area contributed by atoms with Gasteiger partial charge in [-0.3, -0.25) is 9.59 Å². The van der Waals surface area contributed by atoms with E-state index >= 15 is 0 Å². The van der Waals surface area contributed by atoms with Crippen molar-refractivity contribution < 1.29 is 19.2 Å². The highest BCUT2D eigenvalue weighted by atomic mass is 16.5. The van der Waals surface area contributed by atoms with Crippen LogP contribution in [0.2, 0.25) is 0 Å². The second-order valence-electron chi connectivity index (χ2n) is 6.84. The van der Waals surface area contributed by atoms with Crippen LogP contribution >= 0.6 is 0 Å². The number of carbonyl (C=O) groups excluding carboxylic acids is 2. The SMILES string of the molecule is CCC[NH+](CC(=O)NCc1ccc(OC)cc1)CC(=O)Nc1ccccc1C. The first-order chi connectivity index (χ1) is 13.5. The minimum absolute atomic E-state index is 0.0667. The molecular formula is C22H30N3O3+. The summed E-state index contributed by atoms with van der Waals surface area (Å²) in [6, 6.07) is 15.3. The molecule has 0 spiro atoms. The van der Waals surface area contributed by atoms with Gasteiger partial charge in [0, 0.05) is 12.2 Å². The van der Waals surface area contributed by atoms with Crippen LogP contribution in [0.25, 0.3) is 0 Å². The summed E-state index contributed by atoms with van der Waals surface area (Å²) in [5.74, 6) is 0.636. The predicted octanol–water partition coefficient (Wildman–Crippen LogP) is 1.55. The van der Waals surface area contributed by atoms with Gasteiger partial charge in [-0.2, -0.15) is 0 Å². The Morgan fingerprint density at radius 1 is 1.00 bits per heavy atom. The van der Waals surface area contributed by atoms with Gasteiger partial charge >= 0.3 is 0 Å². The molecule has 0 fully saturated rings. The third-order valence-electron chi connectivity index (χ3n) is 4.49. The third kappa shape index (κ3) is 7.04. The number of hydrogen-bond donors (Lipinski definition) is 3. The number of benzene rings is 2. The van der Waals surface area contributed by atoms with Gasteiger partial charge in [-0.05, 0) is 42.7 Å². The van der Waals surface area contributed by atoms with Crippen molar-refractivity contribution in [2.24, 2.45) is 0 Å². The number of rotatable bonds is 10. The largest absolute Gasteiger partial charge is 0.497 e. The van der Waals surface area contributed by atoms with Gasteiger partial charge in [0.05, 0.1) is 13.7 Å². The second kappa shape index (κ2) is 11.1. The summed E-state index contributed by atoms with van der Waals surface area (Å²) < 4.78 is 5.13. The minimum Gasteiger partial charge on any atom is -0.497 e. The average molecular weight is 385 g/mol. The van der Waals surface area contributed by atoms with E-state index in [1.807, 2.05) is 55.5 Å². The summed E-state index contributed by atoms with van der Waals surface area (Å²) in [7, 11) is 1.62. The lowest BCUT2D eigenvalue weighted by molar-refractivity contribution is -0.883. The molecule has 0 aliphatic heterocycles. The van der Waals surface area contributed by atoms with Gasteiger partial charge in [0.25, 0.3) is 11.8 Å². The first-order valence-corrected chi connectivity index (χ1v) is 9.60. The molecule has 0 saturated carbocycles. The number of para-hydroxylation sites is 1. The minimum atomic E-state index is -0.0827. The van der Waals surface area contributed by atoms with Crippen LogP contribution in [0.1, 0.15) is 24.5 Å². The fourth-order valence-corrected chi connectivity index (χ4v) is 2.96. The van der Waals surface area contributed by atoms with Gasteiger partial charge in [0.1, 0.15) is 5.75 Å². The highest BCUT2D eigenvalue weighted by molar-refractivity contribution is 5.92. The van der Waals surface area contributed by atoms with E-state index in [2.05, 4.69) is 17.6 Å². The lowest BCUT2D eigenvalue weighted by Crippen LogP contribution is -3.14. The van der Waals surface area contributed by atoms with Crippen LogP contribution in [0.15, 0.2) is 48.5 Å². The number of carbonyl (C=O) groups is 2. The Morgan fingerprint density at radius 2 is 1.68 bits per heavy atom. The molecule has 0 saturated heterocycles. The Kier molecular flexibility index (Phi) is 8.49. The molecule has 1 atom stereocenters. The number of anilines is 1. The number of nitrogens with one attached hydrogen (secondary N) is 3. The summed E-state index contributed by atoms with van der Waals surface area (Å²) in [6.45, 7) is 5.76. The van der Waals surface area contributed by atoms with Crippen molar-refractivity contribution in [1.29, 1.82) is 0 Å². The molecular weight excluding hydrogens is 354 g/mol. The van der Waals surface area contributed by atoms with Crippen molar-refractivity contribution in [3.8, 4) is 5.75 Å². The van der Waals surface area contributed by atoms with Gasteiger partial charge < -0.3 is 20.3 Å². The molecule has 0 radical (unpaired) electrons. The molecule has 2 aromatic carbocycles. The summed E-state index contributed by atoms with van der Waals surface area (Å²) in [6.07, 6.45) is 0.902. The lowest BCUT2D eigenvalue weighted by Gasteiger charge is -2.18. The first kappa shape index (κ1) is 21.4. The van der Waals surface area contributed by atoms with E-state index in [9.17, 15) is 9.59 Å². The molecule has 0 heterocycles. The fourth-order valence-electron chi connectivity index (χ4n) is 2.96. The highest BCUT2D eigenvalue weighted by Crippen LogP contribution is 2.12. The topological polar surface area (TPSA) is 71.9 Å². The monoisotopic (exact) mass is 384 g/mol. The maximum absolute atomic E-state index is 12.4. The molecule has 2 aromatic rings. The van der Waals surface area contributed by atoms with Crippen molar-refractivity contribution in [3.05, 3.63) is 59.7 Å². The number of quaternary nitrogens is 1. The van der Waals surface area contributed by atoms with Crippen molar-refractivity contribution >= 4 is 17.5 Å². The zero-order valence-electron chi connectivity index (χ0n) is 16.9. The zero-order chi connectivity index (χ0) is 20.4. The Labute approximate surface area is 166 Å². The van der Waals surface area contributed by atoms with Gasteiger partial charge in [-0.25, -0.2) is 0 Å². The molecule has 0 bridgehead atoms. The summed E-state index contributed by atoms with van der Waals surface area (Å²) in [5.41, 5.74) is 2.83. The average Bonchev–Trinajstić information content (AvgIpc) is 2.68. The van der Waals surface area contributed by atoms with Crippen LogP contribution < -0.4 is 20.3 Å². The van der Waals surface area contributed by atoms with E-state index in [4.69, 9.17) is 4.74 Å².